The van der Waals surface area contributed by atoms with Gasteiger partial charge >= 0.3 is 0 Å². The molecule has 0 saturated heterocycles. The first kappa shape index (κ1) is 21.4. The number of rotatable bonds is 9. The Morgan fingerprint density at radius 2 is 1.73 bits per heavy atom. The molecular weight excluding hydrogens is 400 g/mol. The van der Waals surface area contributed by atoms with E-state index in [-0.39, 0.29) is 17.9 Å². The number of carbonyl (C=O) groups excluding carboxylic acids is 2. The van der Waals surface area contributed by atoms with E-state index in [4.69, 9.17) is 18.0 Å². The quantitative estimate of drug-likeness (QED) is 0.362. The molecule has 1 atom stereocenters. The van der Waals surface area contributed by atoms with Crippen LogP contribution in [-0.4, -0.2) is 21.4 Å². The summed E-state index contributed by atoms with van der Waals surface area (Å²) in [7, 11) is 0. The first-order valence-corrected chi connectivity index (χ1v) is 10.2. The SMILES string of the molecule is NC(=O)C(NC(=O)CCCCCn1c(=S)[nH]c2ccccc2c1=O)c1ccccc1. The van der Waals surface area contributed by atoms with Crippen molar-refractivity contribution in [2.45, 2.75) is 38.3 Å². The number of hydrogen-bond donors (Lipinski definition) is 3. The zero-order valence-corrected chi connectivity index (χ0v) is 17.3. The third-order valence-electron chi connectivity index (χ3n) is 4.90. The summed E-state index contributed by atoms with van der Waals surface area (Å²) in [5, 5.41) is 3.29. The maximum absolute atomic E-state index is 12.6. The van der Waals surface area contributed by atoms with Gasteiger partial charge in [-0.15, -0.1) is 0 Å². The van der Waals surface area contributed by atoms with E-state index in [0.717, 1.165) is 11.9 Å². The molecule has 2 amide bonds. The second-order valence-corrected chi connectivity index (χ2v) is 7.44. The number of nitrogens with zero attached hydrogens (tertiary/aromatic N) is 1. The molecule has 4 N–H and O–H groups in total. The van der Waals surface area contributed by atoms with Crippen molar-refractivity contribution < 1.29 is 9.59 Å². The summed E-state index contributed by atoms with van der Waals surface area (Å²) in [5.74, 6) is -0.831. The van der Waals surface area contributed by atoms with Crippen LogP contribution in [0.25, 0.3) is 10.9 Å². The van der Waals surface area contributed by atoms with Crippen LogP contribution >= 0.6 is 12.2 Å². The summed E-state index contributed by atoms with van der Waals surface area (Å²) in [6, 6.07) is 15.3. The van der Waals surface area contributed by atoms with Gasteiger partial charge < -0.3 is 16.0 Å². The van der Waals surface area contributed by atoms with Crippen molar-refractivity contribution in [2.24, 2.45) is 5.73 Å². The smallest absolute Gasteiger partial charge is 0.262 e. The number of nitrogens with two attached hydrogens (primary N) is 1. The van der Waals surface area contributed by atoms with Crippen LogP contribution in [-0.2, 0) is 16.1 Å². The van der Waals surface area contributed by atoms with Crippen LogP contribution in [0.5, 0.6) is 0 Å². The van der Waals surface area contributed by atoms with Crippen molar-refractivity contribution >= 4 is 34.9 Å². The molecule has 0 aliphatic heterocycles. The van der Waals surface area contributed by atoms with Gasteiger partial charge in [-0.05, 0) is 42.8 Å². The van der Waals surface area contributed by atoms with Crippen LogP contribution in [0.2, 0.25) is 0 Å². The second-order valence-electron chi connectivity index (χ2n) is 7.06. The van der Waals surface area contributed by atoms with Gasteiger partial charge in [0.15, 0.2) is 4.77 Å². The fourth-order valence-corrected chi connectivity index (χ4v) is 3.62. The first-order chi connectivity index (χ1) is 14.5. The average Bonchev–Trinajstić information content (AvgIpc) is 2.74. The van der Waals surface area contributed by atoms with Crippen molar-refractivity contribution in [3.63, 3.8) is 0 Å². The fourth-order valence-electron chi connectivity index (χ4n) is 3.33. The molecule has 0 aliphatic rings. The molecule has 3 aromatic rings. The third kappa shape index (κ3) is 5.21. The molecule has 2 aromatic carbocycles. The predicted octanol–water partition coefficient (Wildman–Crippen LogP) is 2.96. The highest BCUT2D eigenvalue weighted by Gasteiger charge is 2.19. The molecule has 0 aliphatic carbocycles. The van der Waals surface area contributed by atoms with Crippen molar-refractivity contribution in [2.75, 3.05) is 0 Å². The van der Waals surface area contributed by atoms with Gasteiger partial charge in [-0.3, -0.25) is 19.0 Å². The number of primary amides is 1. The van der Waals surface area contributed by atoms with Crippen LogP contribution in [0.3, 0.4) is 0 Å². The highest BCUT2D eigenvalue weighted by molar-refractivity contribution is 7.71. The van der Waals surface area contributed by atoms with E-state index >= 15 is 0 Å². The molecule has 0 radical (unpaired) electrons. The number of aromatic nitrogens is 2. The summed E-state index contributed by atoms with van der Waals surface area (Å²) >= 11 is 5.30. The molecule has 0 fully saturated rings. The minimum Gasteiger partial charge on any atom is -0.368 e. The number of carbonyl (C=O) groups is 2. The van der Waals surface area contributed by atoms with E-state index in [0.29, 0.717) is 35.1 Å². The molecule has 0 spiro atoms. The maximum atomic E-state index is 12.6. The number of nitrogens with one attached hydrogen (secondary N) is 2. The van der Waals surface area contributed by atoms with E-state index in [2.05, 4.69) is 10.3 Å². The van der Waals surface area contributed by atoms with Crippen molar-refractivity contribution in [1.82, 2.24) is 14.9 Å². The molecule has 156 valence electrons. The van der Waals surface area contributed by atoms with Gasteiger partial charge in [0, 0.05) is 13.0 Å². The van der Waals surface area contributed by atoms with Crippen LogP contribution in [0, 0.1) is 4.77 Å². The number of hydrogen-bond acceptors (Lipinski definition) is 4. The van der Waals surface area contributed by atoms with Gasteiger partial charge in [0.05, 0.1) is 10.9 Å². The van der Waals surface area contributed by atoms with Gasteiger partial charge in [0.25, 0.3) is 5.56 Å². The van der Waals surface area contributed by atoms with E-state index < -0.39 is 11.9 Å². The van der Waals surface area contributed by atoms with Crippen LogP contribution in [0.1, 0.15) is 37.3 Å². The Morgan fingerprint density at radius 3 is 2.47 bits per heavy atom. The highest BCUT2D eigenvalue weighted by atomic mass is 32.1. The lowest BCUT2D eigenvalue weighted by molar-refractivity contribution is -0.127. The number of benzene rings is 2. The summed E-state index contributed by atoms with van der Waals surface area (Å²) in [5.41, 5.74) is 6.70. The molecule has 3 rings (SSSR count). The van der Waals surface area contributed by atoms with E-state index in [1.54, 1.807) is 34.9 Å². The number of aromatic amines is 1. The third-order valence-corrected chi connectivity index (χ3v) is 5.22. The van der Waals surface area contributed by atoms with Gasteiger partial charge in [-0.2, -0.15) is 0 Å². The molecule has 8 heteroatoms. The Labute approximate surface area is 178 Å². The standard InChI is InChI=1S/C22H24N4O3S/c23-20(28)19(15-9-3-1-4-10-15)25-18(27)13-5-2-8-14-26-21(29)16-11-6-7-12-17(16)24-22(26)30/h1,3-4,6-7,9-12,19H,2,5,8,13-14H2,(H2,23,28)(H,24,30)(H,25,27). The molecular formula is C22H24N4O3S. The minimum absolute atomic E-state index is 0.112. The minimum atomic E-state index is -0.840. The number of H-pyrrole nitrogens is 1. The molecule has 1 aromatic heterocycles. The van der Waals surface area contributed by atoms with Crippen LogP contribution in [0.4, 0.5) is 0 Å². The predicted molar refractivity (Wildman–Crippen MR) is 118 cm³/mol. The monoisotopic (exact) mass is 424 g/mol. The Hall–Kier alpha value is -3.26. The number of fused-ring (bicyclic) bond motifs is 1. The molecule has 7 nitrogen and oxygen atoms in total. The Bertz CT molecular complexity index is 1150. The van der Waals surface area contributed by atoms with E-state index in [9.17, 15) is 14.4 Å². The first-order valence-electron chi connectivity index (χ1n) is 9.83. The Balaban J connectivity index is 1.50. The van der Waals surface area contributed by atoms with Crippen LogP contribution in [0.15, 0.2) is 59.4 Å². The maximum Gasteiger partial charge on any atom is 0.262 e. The Kier molecular flexibility index (Phi) is 7.13. The van der Waals surface area contributed by atoms with Gasteiger partial charge in [0.1, 0.15) is 6.04 Å². The Morgan fingerprint density at radius 1 is 1.03 bits per heavy atom. The highest BCUT2D eigenvalue weighted by Crippen LogP contribution is 2.13. The summed E-state index contributed by atoms with van der Waals surface area (Å²) in [4.78, 5) is 39.6. The summed E-state index contributed by atoms with van der Waals surface area (Å²) in [6.07, 6.45) is 2.36. The van der Waals surface area contributed by atoms with E-state index in [1.807, 2.05) is 24.3 Å². The van der Waals surface area contributed by atoms with E-state index in [1.165, 1.54) is 0 Å². The average molecular weight is 425 g/mol. The molecule has 30 heavy (non-hydrogen) atoms. The molecule has 1 unspecified atom stereocenters. The lowest BCUT2D eigenvalue weighted by Crippen LogP contribution is -2.37. The lowest BCUT2D eigenvalue weighted by atomic mass is 10.1. The normalized spacial score (nSPS) is 11.9. The largest absolute Gasteiger partial charge is 0.368 e. The summed E-state index contributed by atoms with van der Waals surface area (Å²) < 4.78 is 1.94. The summed E-state index contributed by atoms with van der Waals surface area (Å²) in [6.45, 7) is 0.481. The zero-order chi connectivity index (χ0) is 21.5. The van der Waals surface area contributed by atoms with Gasteiger partial charge in [-0.1, -0.05) is 48.9 Å². The second kappa shape index (κ2) is 9.98. The molecule has 0 bridgehead atoms. The van der Waals surface area contributed by atoms with Crippen molar-refractivity contribution in [3.8, 4) is 0 Å². The zero-order valence-electron chi connectivity index (χ0n) is 16.5. The fraction of sp³-hybridized carbons (Fsp3) is 0.273. The number of amides is 2. The van der Waals surface area contributed by atoms with Crippen molar-refractivity contribution in [3.05, 3.63) is 75.3 Å². The van der Waals surface area contributed by atoms with Crippen LogP contribution < -0.4 is 16.6 Å². The van der Waals surface area contributed by atoms with Crippen molar-refractivity contribution in [1.29, 1.82) is 0 Å². The lowest BCUT2D eigenvalue weighted by Gasteiger charge is -2.15. The number of para-hydroxylation sites is 1. The molecule has 1 heterocycles. The molecule has 0 saturated carbocycles. The topological polar surface area (TPSA) is 110 Å². The number of unbranched alkanes of at least 4 members (excludes halogenated alkanes) is 2. The van der Waals surface area contributed by atoms with Gasteiger partial charge in [-0.25, -0.2) is 0 Å². The van der Waals surface area contributed by atoms with Gasteiger partial charge in [0.2, 0.25) is 11.8 Å².